The zero-order valence-corrected chi connectivity index (χ0v) is 15.7. The second-order valence-corrected chi connectivity index (χ2v) is 6.99. The van der Waals surface area contributed by atoms with Gasteiger partial charge in [-0.05, 0) is 50.6 Å². The van der Waals surface area contributed by atoms with E-state index in [-0.39, 0.29) is 18.0 Å². The van der Waals surface area contributed by atoms with E-state index in [1.807, 2.05) is 45.2 Å². The summed E-state index contributed by atoms with van der Waals surface area (Å²) in [7, 11) is 3.97. The van der Waals surface area contributed by atoms with Gasteiger partial charge in [0.05, 0.1) is 6.04 Å². The molecular weight excluding hydrogens is 316 g/mol. The number of nitrogens with zero attached hydrogens (tertiary/aromatic N) is 2. The maximum Gasteiger partial charge on any atom is 0.317 e. The van der Waals surface area contributed by atoms with E-state index >= 15 is 0 Å². The molecule has 1 saturated heterocycles. The predicted octanol–water partition coefficient (Wildman–Crippen LogP) is 2.69. The van der Waals surface area contributed by atoms with Gasteiger partial charge in [-0.2, -0.15) is 0 Å². The van der Waals surface area contributed by atoms with Gasteiger partial charge in [-0.25, -0.2) is 4.79 Å². The minimum Gasteiger partial charge on any atom is -0.331 e. The van der Waals surface area contributed by atoms with E-state index in [4.69, 9.17) is 0 Å². The maximum absolute atomic E-state index is 12.4. The molecule has 0 radical (unpaired) electrons. The van der Waals surface area contributed by atoms with Gasteiger partial charge < -0.3 is 20.4 Å². The second kappa shape index (κ2) is 8.85. The van der Waals surface area contributed by atoms with E-state index in [2.05, 4.69) is 22.6 Å². The van der Waals surface area contributed by atoms with Crippen LogP contribution in [-0.2, 0) is 4.79 Å². The van der Waals surface area contributed by atoms with Crippen LogP contribution in [0.5, 0.6) is 0 Å². The normalized spacial score (nSPS) is 18.6. The van der Waals surface area contributed by atoms with Crippen LogP contribution in [-0.4, -0.2) is 55.5 Å². The topological polar surface area (TPSA) is 64.7 Å². The summed E-state index contributed by atoms with van der Waals surface area (Å²) < 4.78 is 0. The van der Waals surface area contributed by atoms with Crippen LogP contribution < -0.4 is 10.6 Å². The smallest absolute Gasteiger partial charge is 0.317 e. The van der Waals surface area contributed by atoms with Crippen molar-refractivity contribution in [3.63, 3.8) is 0 Å². The molecule has 6 heteroatoms. The lowest BCUT2D eigenvalue weighted by Gasteiger charge is -2.24. The summed E-state index contributed by atoms with van der Waals surface area (Å²) >= 11 is 0. The van der Waals surface area contributed by atoms with Crippen LogP contribution in [0.1, 0.15) is 38.3 Å². The van der Waals surface area contributed by atoms with Crippen molar-refractivity contribution < 1.29 is 9.59 Å². The van der Waals surface area contributed by atoms with Gasteiger partial charge in [-0.1, -0.05) is 19.1 Å². The number of benzene rings is 1. The quantitative estimate of drug-likeness (QED) is 0.832. The zero-order valence-electron chi connectivity index (χ0n) is 15.7. The molecule has 0 saturated carbocycles. The van der Waals surface area contributed by atoms with Crippen molar-refractivity contribution in [1.29, 1.82) is 0 Å². The van der Waals surface area contributed by atoms with E-state index in [0.717, 1.165) is 37.3 Å². The summed E-state index contributed by atoms with van der Waals surface area (Å²) in [6, 6.07) is 7.46. The largest absolute Gasteiger partial charge is 0.331 e. The Hall–Kier alpha value is -2.08. The van der Waals surface area contributed by atoms with E-state index < -0.39 is 0 Å². The first-order valence-corrected chi connectivity index (χ1v) is 8.99. The second-order valence-electron chi connectivity index (χ2n) is 6.99. The van der Waals surface area contributed by atoms with Crippen molar-refractivity contribution in [2.75, 3.05) is 39.0 Å². The molecule has 0 unspecified atom stereocenters. The van der Waals surface area contributed by atoms with Crippen molar-refractivity contribution in [3.05, 3.63) is 29.8 Å². The Labute approximate surface area is 150 Å². The van der Waals surface area contributed by atoms with Crippen molar-refractivity contribution in [2.45, 2.75) is 32.7 Å². The molecule has 2 N–H and O–H groups in total. The van der Waals surface area contributed by atoms with Crippen molar-refractivity contribution in [3.8, 4) is 0 Å². The predicted molar refractivity (Wildman–Crippen MR) is 101 cm³/mol. The molecular formula is C19H30N4O2. The molecule has 1 heterocycles. The molecule has 25 heavy (non-hydrogen) atoms. The third-order valence-corrected chi connectivity index (χ3v) is 4.72. The van der Waals surface area contributed by atoms with Gasteiger partial charge in [0, 0.05) is 32.2 Å². The summed E-state index contributed by atoms with van der Waals surface area (Å²) in [5.41, 5.74) is 1.79. The molecule has 1 aromatic rings. The third-order valence-electron chi connectivity index (χ3n) is 4.72. The summed E-state index contributed by atoms with van der Waals surface area (Å²) in [6.07, 6.45) is 1.60. The first-order chi connectivity index (χ1) is 11.9. The third kappa shape index (κ3) is 5.74. The fourth-order valence-electron chi connectivity index (χ4n) is 3.13. The van der Waals surface area contributed by atoms with Crippen LogP contribution in [0.4, 0.5) is 10.5 Å². The summed E-state index contributed by atoms with van der Waals surface area (Å²) in [6.45, 7) is 6.73. The Morgan fingerprint density at radius 1 is 1.32 bits per heavy atom. The fraction of sp³-hybridized carbons (Fsp3) is 0.579. The first kappa shape index (κ1) is 19.2. The van der Waals surface area contributed by atoms with Crippen LogP contribution in [0.2, 0.25) is 0 Å². The number of hydrogen-bond donors (Lipinski definition) is 2. The average Bonchev–Trinajstić information content (AvgIpc) is 3.00. The molecule has 2 rings (SSSR count). The summed E-state index contributed by atoms with van der Waals surface area (Å²) in [5, 5.41) is 5.86. The van der Waals surface area contributed by atoms with Gasteiger partial charge in [-0.15, -0.1) is 0 Å². The highest BCUT2D eigenvalue weighted by Gasteiger charge is 2.23. The van der Waals surface area contributed by atoms with Crippen LogP contribution in [0.15, 0.2) is 24.3 Å². The Bertz CT molecular complexity index is 588. The van der Waals surface area contributed by atoms with Gasteiger partial charge in [0.1, 0.15) is 0 Å². The van der Waals surface area contributed by atoms with Gasteiger partial charge in [0.25, 0.3) is 0 Å². The Morgan fingerprint density at radius 2 is 2.00 bits per heavy atom. The highest BCUT2D eigenvalue weighted by molar-refractivity contribution is 5.90. The molecule has 3 amide bonds. The lowest BCUT2D eigenvalue weighted by Crippen LogP contribution is -2.41. The number of rotatable bonds is 6. The molecule has 1 aliphatic rings. The molecule has 2 atom stereocenters. The van der Waals surface area contributed by atoms with Crippen LogP contribution in [0.3, 0.4) is 0 Å². The fourth-order valence-corrected chi connectivity index (χ4v) is 3.13. The number of anilines is 1. The highest BCUT2D eigenvalue weighted by Crippen LogP contribution is 2.18. The average molecular weight is 346 g/mol. The van der Waals surface area contributed by atoms with Gasteiger partial charge in [0.15, 0.2) is 0 Å². The van der Waals surface area contributed by atoms with Crippen LogP contribution >= 0.6 is 0 Å². The summed E-state index contributed by atoms with van der Waals surface area (Å²) in [5.74, 6) is 0.547. The van der Waals surface area contributed by atoms with E-state index in [1.165, 1.54) is 0 Å². The molecule has 0 bridgehead atoms. The maximum atomic E-state index is 12.4. The number of likely N-dealkylation sites (tertiary alicyclic amines) is 1. The minimum atomic E-state index is -0.0860. The molecule has 0 aromatic heterocycles. The highest BCUT2D eigenvalue weighted by atomic mass is 16.2. The van der Waals surface area contributed by atoms with Gasteiger partial charge in [0.2, 0.25) is 5.91 Å². The van der Waals surface area contributed by atoms with Crippen LogP contribution in [0.25, 0.3) is 0 Å². The van der Waals surface area contributed by atoms with Gasteiger partial charge in [-0.3, -0.25) is 4.79 Å². The van der Waals surface area contributed by atoms with Crippen molar-refractivity contribution in [1.82, 2.24) is 15.1 Å². The SMILES string of the molecule is CCC(=O)Nc1ccc([C@@H](C)NC(=O)N(C)C[C@@H]2CCN(C)C2)cc1. The zero-order chi connectivity index (χ0) is 18.4. The Morgan fingerprint density at radius 3 is 2.56 bits per heavy atom. The lowest BCUT2D eigenvalue weighted by molar-refractivity contribution is -0.115. The molecule has 138 valence electrons. The first-order valence-electron chi connectivity index (χ1n) is 8.99. The Kier molecular flexibility index (Phi) is 6.82. The number of carbonyl (C=O) groups is 2. The molecule has 1 aromatic carbocycles. The van der Waals surface area contributed by atoms with Crippen molar-refractivity contribution in [2.24, 2.45) is 5.92 Å². The summed E-state index contributed by atoms with van der Waals surface area (Å²) in [4.78, 5) is 27.9. The molecule has 1 fully saturated rings. The monoisotopic (exact) mass is 346 g/mol. The van der Waals surface area contributed by atoms with Crippen molar-refractivity contribution >= 4 is 17.6 Å². The molecule has 0 spiro atoms. The van der Waals surface area contributed by atoms with E-state index in [9.17, 15) is 9.59 Å². The number of hydrogen-bond acceptors (Lipinski definition) is 3. The molecule has 0 aliphatic carbocycles. The Balaban J connectivity index is 1.84. The molecule has 1 aliphatic heterocycles. The number of urea groups is 1. The van der Waals surface area contributed by atoms with E-state index in [1.54, 1.807) is 4.90 Å². The van der Waals surface area contributed by atoms with Crippen LogP contribution in [0, 0.1) is 5.92 Å². The number of carbonyl (C=O) groups excluding carboxylic acids is 2. The number of nitrogens with one attached hydrogen (secondary N) is 2. The standard InChI is InChI=1S/C19H30N4O2/c1-5-18(24)21-17-8-6-16(7-9-17)14(2)20-19(25)23(4)13-15-10-11-22(3)12-15/h6-9,14-15H,5,10-13H2,1-4H3,(H,20,25)(H,21,24)/t14-,15-/m1/s1. The lowest BCUT2D eigenvalue weighted by atomic mass is 10.1. The number of amides is 3. The van der Waals surface area contributed by atoms with E-state index in [0.29, 0.717) is 12.3 Å². The minimum absolute atomic E-state index is 0.00622. The molecule has 6 nitrogen and oxygen atoms in total. The van der Waals surface area contributed by atoms with Gasteiger partial charge >= 0.3 is 6.03 Å².